The Morgan fingerprint density at radius 1 is 1.12 bits per heavy atom. The molecule has 0 radical (unpaired) electrons. The summed E-state index contributed by atoms with van der Waals surface area (Å²) >= 11 is 6.31. The number of rotatable bonds is 5. The Balaban J connectivity index is 1.72. The quantitative estimate of drug-likeness (QED) is 0.532. The lowest BCUT2D eigenvalue weighted by atomic mass is 9.87. The van der Waals surface area contributed by atoms with E-state index in [4.69, 9.17) is 11.6 Å². The van der Waals surface area contributed by atoms with Gasteiger partial charge in [-0.2, -0.15) is 0 Å². The first-order valence-corrected chi connectivity index (χ1v) is 13.0. The minimum atomic E-state index is -3.81. The first-order valence-electron chi connectivity index (χ1n) is 11.1. The van der Waals surface area contributed by atoms with Crippen molar-refractivity contribution in [3.05, 3.63) is 58.9 Å². The zero-order chi connectivity index (χ0) is 23.8. The summed E-state index contributed by atoms with van der Waals surface area (Å²) in [4.78, 5) is 0.200. The molecule has 1 aromatic heterocycles. The summed E-state index contributed by atoms with van der Waals surface area (Å²) in [5, 5.41) is 12.6. The molecular weight excluding hydrogens is 458 g/mol. The molecule has 176 valence electrons. The maximum absolute atomic E-state index is 13.2. The van der Waals surface area contributed by atoms with Crippen molar-refractivity contribution < 1.29 is 8.42 Å². The van der Waals surface area contributed by atoms with Gasteiger partial charge in [-0.3, -0.25) is 4.72 Å². The third-order valence-electron chi connectivity index (χ3n) is 6.00. The van der Waals surface area contributed by atoms with Crippen molar-refractivity contribution in [2.24, 2.45) is 0 Å². The van der Waals surface area contributed by atoms with Crippen LogP contribution in [0.5, 0.6) is 0 Å². The van der Waals surface area contributed by atoms with Gasteiger partial charge in [0.05, 0.1) is 10.6 Å². The van der Waals surface area contributed by atoms with Crippen LogP contribution in [0, 0.1) is 6.92 Å². The molecule has 1 aliphatic rings. The number of aryl methyl sites for hydroxylation is 1. The highest BCUT2D eigenvalue weighted by Gasteiger charge is 2.25. The normalized spacial score (nSPS) is 17.2. The van der Waals surface area contributed by atoms with Gasteiger partial charge in [0.15, 0.2) is 5.82 Å². The van der Waals surface area contributed by atoms with Gasteiger partial charge in [0.25, 0.3) is 10.0 Å². The summed E-state index contributed by atoms with van der Waals surface area (Å²) in [6.07, 6.45) is 2.06. The molecule has 1 saturated heterocycles. The SMILES string of the molecule is Cc1nnc(-c2cc(Cl)ccc2NS(=O)(=O)c2ccc(C(C)(C)C)cc2)n1[C@H]1CCCNC1. The fourth-order valence-electron chi connectivity index (χ4n) is 4.17. The van der Waals surface area contributed by atoms with E-state index in [1.165, 1.54) is 0 Å². The summed E-state index contributed by atoms with van der Waals surface area (Å²) in [7, 11) is -3.81. The standard InChI is InChI=1S/C24H30ClN5O2S/c1-16-27-28-23(30(16)19-6-5-13-26-15-19)21-14-18(25)9-12-22(21)29-33(31,32)20-10-7-17(8-11-20)24(2,3)4/h7-12,14,19,26,29H,5-6,13,15H2,1-4H3/t19-/m0/s1. The molecule has 1 fully saturated rings. The Morgan fingerprint density at radius 3 is 2.48 bits per heavy atom. The molecule has 7 nitrogen and oxygen atoms in total. The van der Waals surface area contributed by atoms with E-state index in [0.717, 1.165) is 37.3 Å². The highest BCUT2D eigenvalue weighted by Crippen LogP contribution is 2.34. The molecule has 2 aromatic carbocycles. The molecule has 0 bridgehead atoms. The zero-order valence-corrected chi connectivity index (χ0v) is 21.0. The number of sulfonamides is 1. The van der Waals surface area contributed by atoms with Gasteiger partial charge in [-0.05, 0) is 67.6 Å². The van der Waals surface area contributed by atoms with Gasteiger partial charge < -0.3 is 9.88 Å². The molecular formula is C24H30ClN5O2S. The molecule has 1 atom stereocenters. The van der Waals surface area contributed by atoms with Crippen molar-refractivity contribution in [1.82, 2.24) is 20.1 Å². The average Bonchev–Trinajstić information content (AvgIpc) is 3.16. The van der Waals surface area contributed by atoms with Crippen molar-refractivity contribution in [3.8, 4) is 11.4 Å². The van der Waals surface area contributed by atoms with E-state index in [1.54, 1.807) is 30.3 Å². The molecule has 1 aliphatic heterocycles. The number of halogens is 1. The second kappa shape index (κ2) is 9.08. The summed E-state index contributed by atoms with van der Waals surface area (Å²) in [6.45, 7) is 9.99. The van der Waals surface area contributed by atoms with E-state index in [9.17, 15) is 8.42 Å². The third kappa shape index (κ3) is 5.08. The van der Waals surface area contributed by atoms with Crippen LogP contribution in [0.3, 0.4) is 0 Å². The van der Waals surface area contributed by atoms with E-state index < -0.39 is 10.0 Å². The van der Waals surface area contributed by atoms with Crippen molar-refractivity contribution in [2.75, 3.05) is 17.8 Å². The Labute approximate surface area is 200 Å². The Hall–Kier alpha value is -2.42. The van der Waals surface area contributed by atoms with Crippen LogP contribution in [-0.4, -0.2) is 36.3 Å². The van der Waals surface area contributed by atoms with Gasteiger partial charge in [0.1, 0.15) is 5.82 Å². The maximum Gasteiger partial charge on any atom is 0.261 e. The van der Waals surface area contributed by atoms with E-state index in [2.05, 4.69) is 45.6 Å². The lowest BCUT2D eigenvalue weighted by Crippen LogP contribution is -2.32. The summed E-state index contributed by atoms with van der Waals surface area (Å²) < 4.78 is 31.3. The van der Waals surface area contributed by atoms with Crippen molar-refractivity contribution in [2.45, 2.75) is 56.9 Å². The fourth-order valence-corrected chi connectivity index (χ4v) is 5.42. The van der Waals surface area contributed by atoms with E-state index in [1.807, 2.05) is 19.1 Å². The molecule has 0 unspecified atom stereocenters. The van der Waals surface area contributed by atoms with Crippen molar-refractivity contribution >= 4 is 27.3 Å². The zero-order valence-electron chi connectivity index (χ0n) is 19.4. The highest BCUT2D eigenvalue weighted by molar-refractivity contribution is 7.92. The van der Waals surface area contributed by atoms with Gasteiger partial charge in [-0.15, -0.1) is 10.2 Å². The molecule has 2 heterocycles. The molecule has 4 rings (SSSR count). The molecule has 3 aromatic rings. The second-order valence-electron chi connectivity index (χ2n) is 9.51. The van der Waals surface area contributed by atoms with Gasteiger partial charge in [0, 0.05) is 23.2 Å². The van der Waals surface area contributed by atoms with Gasteiger partial charge >= 0.3 is 0 Å². The predicted octanol–water partition coefficient (Wildman–Crippen LogP) is 4.93. The lowest BCUT2D eigenvalue weighted by Gasteiger charge is -2.26. The highest BCUT2D eigenvalue weighted by atomic mass is 35.5. The first-order chi connectivity index (χ1) is 15.6. The van der Waals surface area contributed by atoms with Crippen LogP contribution in [0.15, 0.2) is 47.4 Å². The lowest BCUT2D eigenvalue weighted by molar-refractivity contribution is 0.368. The molecule has 33 heavy (non-hydrogen) atoms. The molecule has 0 aliphatic carbocycles. The fraction of sp³-hybridized carbons (Fsp3) is 0.417. The van der Waals surface area contributed by atoms with E-state index in [0.29, 0.717) is 22.1 Å². The van der Waals surface area contributed by atoms with E-state index >= 15 is 0 Å². The summed E-state index contributed by atoms with van der Waals surface area (Å²) in [6, 6.07) is 12.3. The molecule has 2 N–H and O–H groups in total. The minimum absolute atomic E-state index is 0.0605. The van der Waals surface area contributed by atoms with Crippen LogP contribution in [0.25, 0.3) is 11.4 Å². The average molecular weight is 488 g/mol. The Morgan fingerprint density at radius 2 is 1.85 bits per heavy atom. The molecule has 9 heteroatoms. The predicted molar refractivity (Wildman–Crippen MR) is 132 cm³/mol. The van der Waals surface area contributed by atoms with Crippen LogP contribution < -0.4 is 10.0 Å². The maximum atomic E-state index is 13.2. The van der Waals surface area contributed by atoms with Gasteiger partial charge in [0.2, 0.25) is 0 Å². The van der Waals surface area contributed by atoms with Crippen LogP contribution in [0.1, 0.15) is 51.0 Å². The minimum Gasteiger partial charge on any atom is -0.315 e. The monoisotopic (exact) mass is 487 g/mol. The number of hydrogen-bond donors (Lipinski definition) is 2. The number of anilines is 1. The summed E-state index contributed by atoms with van der Waals surface area (Å²) in [5.41, 5.74) is 2.02. The number of aromatic nitrogens is 3. The first kappa shape index (κ1) is 23.7. The number of nitrogens with one attached hydrogen (secondary N) is 2. The van der Waals surface area contributed by atoms with Gasteiger partial charge in [-0.1, -0.05) is 44.5 Å². The number of benzene rings is 2. The van der Waals surface area contributed by atoms with Crippen LogP contribution in [0.4, 0.5) is 5.69 Å². The molecule has 0 saturated carbocycles. The molecule has 0 amide bonds. The topological polar surface area (TPSA) is 88.9 Å². The number of piperidine rings is 1. The molecule has 0 spiro atoms. The van der Waals surface area contributed by atoms with Crippen LogP contribution in [0.2, 0.25) is 5.02 Å². The second-order valence-corrected chi connectivity index (χ2v) is 11.6. The van der Waals surface area contributed by atoms with Crippen molar-refractivity contribution in [3.63, 3.8) is 0 Å². The number of hydrogen-bond acceptors (Lipinski definition) is 5. The van der Waals surface area contributed by atoms with Crippen LogP contribution in [-0.2, 0) is 15.4 Å². The van der Waals surface area contributed by atoms with Crippen LogP contribution >= 0.6 is 11.6 Å². The van der Waals surface area contributed by atoms with Gasteiger partial charge in [-0.25, -0.2) is 8.42 Å². The number of nitrogens with zero attached hydrogens (tertiary/aromatic N) is 3. The van der Waals surface area contributed by atoms with Crippen molar-refractivity contribution in [1.29, 1.82) is 0 Å². The smallest absolute Gasteiger partial charge is 0.261 e. The summed E-state index contributed by atoms with van der Waals surface area (Å²) in [5.74, 6) is 1.38. The Bertz CT molecular complexity index is 1240. The third-order valence-corrected chi connectivity index (χ3v) is 7.62. The Kier molecular flexibility index (Phi) is 6.53. The largest absolute Gasteiger partial charge is 0.315 e. The van der Waals surface area contributed by atoms with E-state index in [-0.39, 0.29) is 16.4 Å².